The van der Waals surface area contributed by atoms with E-state index >= 15 is 0 Å². The molecule has 5 heteroatoms. The van der Waals surface area contributed by atoms with Crippen LogP contribution < -0.4 is 0 Å². The van der Waals surface area contributed by atoms with Crippen LogP contribution in [0.1, 0.15) is 57.7 Å². The molecule has 156 valence electrons. The second-order valence-electron chi connectivity index (χ2n) is 9.10. The Kier molecular flexibility index (Phi) is 5.58. The molecule has 0 aliphatic carbocycles. The van der Waals surface area contributed by atoms with Gasteiger partial charge in [0.15, 0.2) is 5.17 Å². The lowest BCUT2D eigenvalue weighted by molar-refractivity contribution is -0.125. The van der Waals surface area contributed by atoms with Gasteiger partial charge in [-0.1, -0.05) is 89.2 Å². The number of amidine groups is 2. The van der Waals surface area contributed by atoms with Crippen LogP contribution in [0.2, 0.25) is 0 Å². The summed E-state index contributed by atoms with van der Waals surface area (Å²) in [5, 5.41) is 0.725. The highest BCUT2D eigenvalue weighted by atomic mass is 32.2. The van der Waals surface area contributed by atoms with Gasteiger partial charge in [0, 0.05) is 11.3 Å². The van der Waals surface area contributed by atoms with E-state index in [0.29, 0.717) is 0 Å². The van der Waals surface area contributed by atoms with Gasteiger partial charge in [-0.05, 0) is 34.6 Å². The normalized spacial score (nSPS) is 19.2. The molecule has 2 atom stereocenters. The average molecular weight is 420 g/mol. The smallest absolute Gasteiger partial charge is 0.259 e. The molecule has 0 aromatic heterocycles. The number of hydrogen-bond acceptors (Lipinski definition) is 4. The van der Waals surface area contributed by atoms with Gasteiger partial charge in [-0.15, -0.1) is 0 Å². The second kappa shape index (κ2) is 8.03. The Morgan fingerprint density at radius 1 is 1.10 bits per heavy atom. The number of hydrogen-bond donors (Lipinski definition) is 0. The van der Waals surface area contributed by atoms with E-state index in [-0.39, 0.29) is 23.3 Å². The van der Waals surface area contributed by atoms with Crippen LogP contribution in [0.5, 0.6) is 0 Å². The fourth-order valence-electron chi connectivity index (χ4n) is 3.71. The zero-order valence-electron chi connectivity index (χ0n) is 18.3. The monoisotopic (exact) mass is 419 g/mol. The number of carbonyl (C=O) groups excluding carboxylic acids is 1. The minimum Gasteiger partial charge on any atom is -0.271 e. The molecule has 0 unspecified atom stereocenters. The number of para-hydroxylation sites is 1. The predicted molar refractivity (Wildman–Crippen MR) is 127 cm³/mol. The van der Waals surface area contributed by atoms with E-state index < -0.39 is 0 Å². The zero-order valence-corrected chi connectivity index (χ0v) is 19.2. The maximum absolute atomic E-state index is 13.2. The Balaban J connectivity index is 1.61. The van der Waals surface area contributed by atoms with E-state index in [4.69, 9.17) is 9.98 Å². The molecule has 0 fully saturated rings. The van der Waals surface area contributed by atoms with Crippen LogP contribution in [0.4, 0.5) is 5.69 Å². The van der Waals surface area contributed by atoms with E-state index in [1.54, 1.807) is 16.7 Å². The van der Waals surface area contributed by atoms with Gasteiger partial charge < -0.3 is 0 Å². The van der Waals surface area contributed by atoms with E-state index in [1.165, 1.54) is 11.1 Å². The van der Waals surface area contributed by atoms with Crippen molar-refractivity contribution in [2.45, 2.75) is 58.2 Å². The summed E-state index contributed by atoms with van der Waals surface area (Å²) in [6, 6.07) is 16.4. The van der Waals surface area contributed by atoms with E-state index in [2.05, 4.69) is 58.9 Å². The molecule has 0 bridgehead atoms. The van der Waals surface area contributed by atoms with E-state index in [9.17, 15) is 4.79 Å². The first-order valence-electron chi connectivity index (χ1n) is 10.6. The summed E-state index contributed by atoms with van der Waals surface area (Å²) < 4.78 is 0. The Hall–Kier alpha value is -2.40. The molecule has 2 aliphatic heterocycles. The highest BCUT2D eigenvalue weighted by molar-refractivity contribution is 8.13. The van der Waals surface area contributed by atoms with Crippen molar-refractivity contribution in [2.24, 2.45) is 15.9 Å². The summed E-state index contributed by atoms with van der Waals surface area (Å²) in [6.07, 6.45) is 0.919. The number of amides is 1. The quantitative estimate of drug-likeness (QED) is 0.617. The first-order valence-corrected chi connectivity index (χ1v) is 11.6. The van der Waals surface area contributed by atoms with Crippen molar-refractivity contribution in [3.8, 4) is 0 Å². The summed E-state index contributed by atoms with van der Waals surface area (Å²) in [5.41, 5.74) is 4.51. The Morgan fingerprint density at radius 2 is 1.80 bits per heavy atom. The lowest BCUT2D eigenvalue weighted by Gasteiger charge is -2.26. The number of fused-ring (bicyclic) bond motifs is 3. The molecule has 30 heavy (non-hydrogen) atoms. The third-order valence-electron chi connectivity index (χ3n) is 5.87. The van der Waals surface area contributed by atoms with Crippen LogP contribution in [-0.4, -0.2) is 27.9 Å². The minimum atomic E-state index is -0.326. The SMILES string of the molecule is CC[C@@H](C)[C@@H]1N=C2c3ccccc3N=C(SCc3ccc(C(C)(C)C)cc3)N2C1=O. The maximum atomic E-state index is 13.2. The van der Waals surface area contributed by atoms with Gasteiger partial charge in [0.2, 0.25) is 0 Å². The van der Waals surface area contributed by atoms with Gasteiger partial charge in [-0.25, -0.2) is 9.89 Å². The maximum Gasteiger partial charge on any atom is 0.259 e. The fraction of sp³-hybridized carbons (Fsp3) is 0.400. The molecular weight excluding hydrogens is 390 g/mol. The zero-order chi connectivity index (χ0) is 21.5. The molecule has 0 saturated heterocycles. The highest BCUT2D eigenvalue weighted by Gasteiger charge is 2.42. The van der Waals surface area contributed by atoms with Crippen LogP contribution >= 0.6 is 11.8 Å². The van der Waals surface area contributed by atoms with Gasteiger partial charge in [0.25, 0.3) is 5.91 Å². The van der Waals surface area contributed by atoms with E-state index in [1.807, 2.05) is 24.3 Å². The highest BCUT2D eigenvalue weighted by Crippen LogP contribution is 2.36. The molecule has 0 spiro atoms. The number of rotatable bonds is 4. The van der Waals surface area contributed by atoms with Gasteiger partial charge >= 0.3 is 0 Å². The van der Waals surface area contributed by atoms with Crippen molar-refractivity contribution >= 4 is 34.4 Å². The standard InChI is InChI=1S/C25H29N3OS/c1-6-16(2)21-23(29)28-22(27-21)19-9-7-8-10-20(19)26-24(28)30-15-17-11-13-18(14-12-17)25(3,4)5/h7-14,16,21H,6,15H2,1-5H3/t16-,21+/m1/s1. The van der Waals surface area contributed by atoms with Crippen molar-refractivity contribution in [3.63, 3.8) is 0 Å². The first kappa shape index (κ1) is 20.9. The van der Waals surface area contributed by atoms with Crippen molar-refractivity contribution in [1.29, 1.82) is 0 Å². The van der Waals surface area contributed by atoms with Gasteiger partial charge in [0.1, 0.15) is 11.9 Å². The molecule has 0 saturated carbocycles. The van der Waals surface area contributed by atoms with Gasteiger partial charge in [-0.3, -0.25) is 9.79 Å². The Labute approximate surface area is 183 Å². The lowest BCUT2D eigenvalue weighted by Crippen LogP contribution is -2.42. The number of nitrogens with zero attached hydrogens (tertiary/aromatic N) is 3. The second-order valence-corrected chi connectivity index (χ2v) is 10.0. The molecule has 0 N–H and O–H groups in total. The molecule has 4 rings (SSSR count). The molecular formula is C25H29N3OS. The molecule has 0 radical (unpaired) electrons. The lowest BCUT2D eigenvalue weighted by atomic mass is 9.87. The van der Waals surface area contributed by atoms with Gasteiger partial charge in [0.05, 0.1) is 5.69 Å². The molecule has 1 amide bonds. The first-order chi connectivity index (χ1) is 14.3. The van der Waals surface area contributed by atoms with Crippen LogP contribution in [0.15, 0.2) is 58.5 Å². The van der Waals surface area contributed by atoms with Crippen LogP contribution in [0.25, 0.3) is 0 Å². The van der Waals surface area contributed by atoms with Crippen LogP contribution in [-0.2, 0) is 16.0 Å². The molecule has 4 nitrogen and oxygen atoms in total. The number of aliphatic imine (C=N–C) groups is 2. The molecule has 2 aromatic rings. The molecule has 2 heterocycles. The molecule has 2 aliphatic rings. The Morgan fingerprint density at radius 3 is 2.47 bits per heavy atom. The van der Waals surface area contributed by atoms with Crippen LogP contribution in [0, 0.1) is 5.92 Å². The van der Waals surface area contributed by atoms with Crippen molar-refractivity contribution in [3.05, 3.63) is 65.2 Å². The summed E-state index contributed by atoms with van der Waals surface area (Å²) in [4.78, 5) is 24.7. The topological polar surface area (TPSA) is 45.0 Å². The largest absolute Gasteiger partial charge is 0.271 e. The van der Waals surface area contributed by atoms with Crippen LogP contribution in [0.3, 0.4) is 0 Å². The fourth-order valence-corrected chi connectivity index (χ4v) is 4.67. The summed E-state index contributed by atoms with van der Waals surface area (Å²) in [5.74, 6) is 1.76. The summed E-state index contributed by atoms with van der Waals surface area (Å²) in [6.45, 7) is 10.9. The summed E-state index contributed by atoms with van der Waals surface area (Å²) >= 11 is 1.60. The van der Waals surface area contributed by atoms with E-state index in [0.717, 1.165) is 34.4 Å². The third-order valence-corrected chi connectivity index (χ3v) is 6.88. The molecule has 2 aromatic carbocycles. The van der Waals surface area contributed by atoms with Crippen molar-refractivity contribution < 1.29 is 4.79 Å². The third kappa shape index (κ3) is 3.83. The minimum absolute atomic E-state index is 0.0446. The van der Waals surface area contributed by atoms with Crippen molar-refractivity contribution in [2.75, 3.05) is 0 Å². The number of benzene rings is 2. The number of thioether (sulfide) groups is 1. The van der Waals surface area contributed by atoms with Crippen molar-refractivity contribution in [1.82, 2.24) is 4.90 Å². The number of carbonyl (C=O) groups is 1. The Bertz CT molecular complexity index is 1020. The summed E-state index contributed by atoms with van der Waals surface area (Å²) in [7, 11) is 0. The predicted octanol–water partition coefficient (Wildman–Crippen LogP) is 5.92. The van der Waals surface area contributed by atoms with Gasteiger partial charge in [-0.2, -0.15) is 0 Å². The average Bonchev–Trinajstić information content (AvgIpc) is 3.09.